The molecular weight excluding hydrogens is 208 g/mol. The van der Waals surface area contributed by atoms with Crippen molar-refractivity contribution >= 4 is 11.3 Å². The standard InChI is InChI=1S/C11H18N2OS/c1-2-14-6-5-12-7-10-8-15-11(13-10)9-3-4-9/h8-9,12H,2-7H2,1H3. The molecule has 1 saturated carbocycles. The molecule has 1 aromatic rings. The smallest absolute Gasteiger partial charge is 0.0959 e. The van der Waals surface area contributed by atoms with Gasteiger partial charge in [0, 0.05) is 31.0 Å². The molecule has 1 aromatic heterocycles. The van der Waals surface area contributed by atoms with Crippen LogP contribution in [0.2, 0.25) is 0 Å². The van der Waals surface area contributed by atoms with Gasteiger partial charge in [-0.25, -0.2) is 4.98 Å². The summed E-state index contributed by atoms with van der Waals surface area (Å²) in [6.45, 7) is 5.38. The van der Waals surface area contributed by atoms with Gasteiger partial charge in [-0.2, -0.15) is 0 Å². The Kier molecular flexibility index (Phi) is 4.11. The van der Waals surface area contributed by atoms with Crippen molar-refractivity contribution < 1.29 is 4.74 Å². The van der Waals surface area contributed by atoms with Crippen molar-refractivity contribution in [2.45, 2.75) is 32.2 Å². The zero-order valence-corrected chi connectivity index (χ0v) is 9.98. The van der Waals surface area contributed by atoms with E-state index in [-0.39, 0.29) is 0 Å². The molecule has 0 radical (unpaired) electrons. The van der Waals surface area contributed by atoms with Crippen molar-refractivity contribution in [2.75, 3.05) is 19.8 Å². The normalized spacial score (nSPS) is 15.8. The molecule has 15 heavy (non-hydrogen) atoms. The lowest BCUT2D eigenvalue weighted by Crippen LogP contribution is -2.19. The minimum absolute atomic E-state index is 0.784. The van der Waals surface area contributed by atoms with E-state index in [0.29, 0.717) is 0 Å². The molecule has 84 valence electrons. The summed E-state index contributed by atoms with van der Waals surface area (Å²) in [5, 5.41) is 6.83. The van der Waals surface area contributed by atoms with Crippen LogP contribution in [0, 0.1) is 0 Å². The largest absolute Gasteiger partial charge is 0.380 e. The van der Waals surface area contributed by atoms with Gasteiger partial charge in [-0.15, -0.1) is 11.3 Å². The first kappa shape index (κ1) is 11.0. The molecule has 1 aliphatic rings. The van der Waals surface area contributed by atoms with E-state index in [1.165, 1.54) is 23.5 Å². The van der Waals surface area contributed by atoms with Gasteiger partial charge < -0.3 is 10.1 Å². The highest BCUT2D eigenvalue weighted by molar-refractivity contribution is 7.09. The minimum Gasteiger partial charge on any atom is -0.380 e. The molecule has 2 rings (SSSR count). The van der Waals surface area contributed by atoms with Gasteiger partial charge >= 0.3 is 0 Å². The van der Waals surface area contributed by atoms with E-state index < -0.39 is 0 Å². The first-order valence-corrected chi connectivity index (χ1v) is 6.51. The molecule has 0 unspecified atom stereocenters. The van der Waals surface area contributed by atoms with E-state index >= 15 is 0 Å². The highest BCUT2D eigenvalue weighted by atomic mass is 32.1. The predicted octanol–water partition coefficient (Wildman–Crippen LogP) is 2.15. The summed E-state index contributed by atoms with van der Waals surface area (Å²) < 4.78 is 5.24. The van der Waals surface area contributed by atoms with Gasteiger partial charge in [0.2, 0.25) is 0 Å². The number of nitrogens with zero attached hydrogens (tertiary/aromatic N) is 1. The number of ether oxygens (including phenoxy) is 1. The van der Waals surface area contributed by atoms with Crippen LogP contribution < -0.4 is 5.32 Å². The van der Waals surface area contributed by atoms with Gasteiger partial charge in [0.15, 0.2) is 0 Å². The maximum absolute atomic E-state index is 5.24. The zero-order valence-electron chi connectivity index (χ0n) is 9.16. The molecule has 4 heteroatoms. The number of hydrogen-bond acceptors (Lipinski definition) is 4. The van der Waals surface area contributed by atoms with Crippen LogP contribution in [0.1, 0.15) is 36.4 Å². The van der Waals surface area contributed by atoms with Crippen LogP contribution in [-0.2, 0) is 11.3 Å². The molecule has 0 spiro atoms. The molecule has 0 aromatic carbocycles. The van der Waals surface area contributed by atoms with E-state index in [9.17, 15) is 0 Å². The quantitative estimate of drug-likeness (QED) is 0.723. The summed E-state index contributed by atoms with van der Waals surface area (Å²) in [6, 6.07) is 0. The molecule has 3 nitrogen and oxygen atoms in total. The second-order valence-electron chi connectivity index (χ2n) is 3.83. The fourth-order valence-corrected chi connectivity index (χ4v) is 2.42. The topological polar surface area (TPSA) is 34.1 Å². The zero-order chi connectivity index (χ0) is 10.5. The lowest BCUT2D eigenvalue weighted by molar-refractivity contribution is 0.149. The molecule has 1 aliphatic carbocycles. The molecule has 1 fully saturated rings. The Hall–Kier alpha value is -0.450. The van der Waals surface area contributed by atoms with Crippen LogP contribution in [0.4, 0.5) is 0 Å². The monoisotopic (exact) mass is 226 g/mol. The average Bonchev–Trinajstić information content (AvgIpc) is 2.99. The highest BCUT2D eigenvalue weighted by Crippen LogP contribution is 2.41. The second-order valence-corrected chi connectivity index (χ2v) is 4.71. The Morgan fingerprint density at radius 3 is 3.20 bits per heavy atom. The third-order valence-electron chi connectivity index (χ3n) is 2.43. The lowest BCUT2D eigenvalue weighted by atomic mass is 10.4. The summed E-state index contributed by atoms with van der Waals surface area (Å²) >= 11 is 1.81. The molecule has 0 aliphatic heterocycles. The van der Waals surface area contributed by atoms with Gasteiger partial charge in [-0.3, -0.25) is 0 Å². The first-order chi connectivity index (χ1) is 7.40. The number of nitrogens with one attached hydrogen (secondary N) is 1. The molecule has 0 atom stereocenters. The minimum atomic E-state index is 0.784. The van der Waals surface area contributed by atoms with E-state index in [0.717, 1.165) is 32.2 Å². The van der Waals surface area contributed by atoms with Crippen LogP contribution >= 0.6 is 11.3 Å². The van der Waals surface area contributed by atoms with Crippen molar-refractivity contribution in [3.05, 3.63) is 16.1 Å². The van der Waals surface area contributed by atoms with E-state index in [4.69, 9.17) is 4.74 Å². The summed E-state index contributed by atoms with van der Waals surface area (Å²) in [7, 11) is 0. The van der Waals surface area contributed by atoms with Gasteiger partial charge in [-0.1, -0.05) is 0 Å². The fraction of sp³-hybridized carbons (Fsp3) is 0.727. The van der Waals surface area contributed by atoms with Crippen LogP contribution in [0.25, 0.3) is 0 Å². The third kappa shape index (κ3) is 3.55. The maximum Gasteiger partial charge on any atom is 0.0959 e. The van der Waals surface area contributed by atoms with Crippen LogP contribution in [-0.4, -0.2) is 24.7 Å². The number of aromatic nitrogens is 1. The Morgan fingerprint density at radius 1 is 1.60 bits per heavy atom. The highest BCUT2D eigenvalue weighted by Gasteiger charge is 2.26. The summed E-state index contributed by atoms with van der Waals surface area (Å²) in [6.07, 6.45) is 2.68. The van der Waals surface area contributed by atoms with Crippen molar-refractivity contribution in [1.82, 2.24) is 10.3 Å². The van der Waals surface area contributed by atoms with Crippen molar-refractivity contribution in [3.8, 4) is 0 Å². The Morgan fingerprint density at radius 2 is 2.47 bits per heavy atom. The Labute approximate surface area is 94.9 Å². The van der Waals surface area contributed by atoms with E-state index in [1.807, 2.05) is 6.92 Å². The molecule has 0 bridgehead atoms. The first-order valence-electron chi connectivity index (χ1n) is 5.63. The fourth-order valence-electron chi connectivity index (χ4n) is 1.43. The second kappa shape index (κ2) is 5.58. The third-order valence-corrected chi connectivity index (χ3v) is 3.49. The Balaban J connectivity index is 1.64. The maximum atomic E-state index is 5.24. The van der Waals surface area contributed by atoms with Crippen molar-refractivity contribution in [1.29, 1.82) is 0 Å². The van der Waals surface area contributed by atoms with E-state index in [2.05, 4.69) is 15.7 Å². The number of thiazole rings is 1. The van der Waals surface area contributed by atoms with Gasteiger partial charge in [-0.05, 0) is 19.8 Å². The SMILES string of the molecule is CCOCCNCc1csc(C2CC2)n1. The van der Waals surface area contributed by atoms with Crippen molar-refractivity contribution in [3.63, 3.8) is 0 Å². The van der Waals surface area contributed by atoms with Crippen molar-refractivity contribution in [2.24, 2.45) is 0 Å². The molecule has 1 heterocycles. The van der Waals surface area contributed by atoms with Crippen LogP contribution in [0.15, 0.2) is 5.38 Å². The molecule has 0 saturated heterocycles. The van der Waals surface area contributed by atoms with Gasteiger partial charge in [0.25, 0.3) is 0 Å². The molecule has 1 N–H and O–H groups in total. The summed E-state index contributed by atoms with van der Waals surface area (Å²) in [5.41, 5.74) is 1.18. The predicted molar refractivity (Wildman–Crippen MR) is 62.3 cm³/mol. The Bertz CT molecular complexity index is 297. The number of hydrogen-bond donors (Lipinski definition) is 1. The van der Waals surface area contributed by atoms with Gasteiger partial charge in [0.1, 0.15) is 0 Å². The van der Waals surface area contributed by atoms with Gasteiger partial charge in [0.05, 0.1) is 17.3 Å². The molecular formula is C11H18N2OS. The van der Waals surface area contributed by atoms with Crippen LogP contribution in [0.5, 0.6) is 0 Å². The average molecular weight is 226 g/mol. The number of rotatable bonds is 7. The molecule has 0 amide bonds. The summed E-state index contributed by atoms with van der Waals surface area (Å²) in [4.78, 5) is 4.61. The lowest BCUT2D eigenvalue weighted by Gasteiger charge is -2.02. The summed E-state index contributed by atoms with van der Waals surface area (Å²) in [5.74, 6) is 0.784. The van der Waals surface area contributed by atoms with Crippen LogP contribution in [0.3, 0.4) is 0 Å². The van der Waals surface area contributed by atoms with E-state index in [1.54, 1.807) is 11.3 Å².